The van der Waals surface area contributed by atoms with Gasteiger partial charge in [0.05, 0.1) is 6.42 Å². The molecule has 24 heavy (non-hydrogen) atoms. The molecule has 2 aromatic rings. The number of piperazine rings is 1. The molecule has 0 bridgehead atoms. The van der Waals surface area contributed by atoms with Gasteiger partial charge in [-0.15, -0.1) is 5.10 Å². The zero-order chi connectivity index (χ0) is 17.1. The SMILES string of the molecule is Cc1cccc(CC(=O)N2CCN(c3nnc(C(C)C)o3)CC2)c1. The fraction of sp³-hybridized carbons (Fsp3) is 0.500. The van der Waals surface area contributed by atoms with Gasteiger partial charge in [-0.05, 0) is 12.5 Å². The molecule has 1 aromatic heterocycles. The van der Waals surface area contributed by atoms with Crippen molar-refractivity contribution in [1.82, 2.24) is 15.1 Å². The molecule has 1 amide bonds. The van der Waals surface area contributed by atoms with E-state index >= 15 is 0 Å². The lowest BCUT2D eigenvalue weighted by Crippen LogP contribution is -2.49. The Kier molecular flexibility index (Phi) is 4.83. The summed E-state index contributed by atoms with van der Waals surface area (Å²) in [7, 11) is 0. The third kappa shape index (κ3) is 3.75. The van der Waals surface area contributed by atoms with Crippen molar-refractivity contribution in [1.29, 1.82) is 0 Å². The molecule has 3 rings (SSSR count). The second-order valence-corrected chi connectivity index (χ2v) is 6.61. The third-order valence-electron chi connectivity index (χ3n) is 4.26. The van der Waals surface area contributed by atoms with Crippen molar-refractivity contribution >= 4 is 11.9 Å². The lowest BCUT2D eigenvalue weighted by Gasteiger charge is -2.33. The maximum Gasteiger partial charge on any atom is 0.318 e. The molecule has 128 valence electrons. The van der Waals surface area contributed by atoms with Crippen LogP contribution in [0.15, 0.2) is 28.7 Å². The Hall–Kier alpha value is -2.37. The summed E-state index contributed by atoms with van der Waals surface area (Å²) in [6.45, 7) is 8.91. The maximum absolute atomic E-state index is 12.5. The molecule has 6 nitrogen and oxygen atoms in total. The van der Waals surface area contributed by atoms with E-state index in [4.69, 9.17) is 4.42 Å². The number of carbonyl (C=O) groups is 1. The van der Waals surface area contributed by atoms with Gasteiger partial charge in [0, 0.05) is 32.1 Å². The highest BCUT2D eigenvalue weighted by atomic mass is 16.4. The number of hydrogen-bond donors (Lipinski definition) is 0. The number of benzene rings is 1. The van der Waals surface area contributed by atoms with Crippen molar-refractivity contribution in [3.63, 3.8) is 0 Å². The Morgan fingerprint density at radius 3 is 2.58 bits per heavy atom. The van der Waals surface area contributed by atoms with Crippen molar-refractivity contribution in [2.75, 3.05) is 31.1 Å². The van der Waals surface area contributed by atoms with Crippen LogP contribution in [0.1, 0.15) is 36.8 Å². The average Bonchev–Trinajstić information content (AvgIpc) is 3.05. The molecule has 0 radical (unpaired) electrons. The van der Waals surface area contributed by atoms with Crippen LogP contribution in [0.5, 0.6) is 0 Å². The molecular weight excluding hydrogens is 304 g/mol. The smallest absolute Gasteiger partial charge is 0.318 e. The minimum absolute atomic E-state index is 0.175. The summed E-state index contributed by atoms with van der Waals surface area (Å²) in [4.78, 5) is 16.4. The summed E-state index contributed by atoms with van der Waals surface area (Å²) >= 11 is 0. The Morgan fingerprint density at radius 2 is 1.96 bits per heavy atom. The van der Waals surface area contributed by atoms with Crippen LogP contribution in [0, 0.1) is 6.92 Å². The van der Waals surface area contributed by atoms with Gasteiger partial charge in [0.15, 0.2) is 0 Å². The zero-order valence-corrected chi connectivity index (χ0v) is 14.5. The van der Waals surface area contributed by atoms with E-state index in [1.165, 1.54) is 5.56 Å². The van der Waals surface area contributed by atoms with E-state index in [1.807, 2.05) is 43.9 Å². The molecule has 0 N–H and O–H groups in total. The summed E-state index contributed by atoms with van der Waals surface area (Å²) in [6.07, 6.45) is 0.458. The number of aryl methyl sites for hydroxylation is 1. The molecule has 1 saturated heterocycles. The van der Waals surface area contributed by atoms with E-state index in [0.717, 1.165) is 18.7 Å². The van der Waals surface area contributed by atoms with Gasteiger partial charge in [0.1, 0.15) is 0 Å². The van der Waals surface area contributed by atoms with E-state index in [2.05, 4.69) is 21.2 Å². The van der Waals surface area contributed by atoms with E-state index in [-0.39, 0.29) is 11.8 Å². The molecular formula is C18H24N4O2. The first-order valence-electron chi connectivity index (χ1n) is 8.44. The maximum atomic E-state index is 12.5. The van der Waals surface area contributed by atoms with Crippen molar-refractivity contribution in [3.05, 3.63) is 41.3 Å². The second kappa shape index (κ2) is 7.03. The Labute approximate surface area is 142 Å². The van der Waals surface area contributed by atoms with Gasteiger partial charge in [-0.3, -0.25) is 4.79 Å². The first-order valence-corrected chi connectivity index (χ1v) is 8.44. The van der Waals surface area contributed by atoms with E-state index in [1.54, 1.807) is 0 Å². The normalized spacial score (nSPS) is 15.2. The second-order valence-electron chi connectivity index (χ2n) is 6.61. The lowest BCUT2D eigenvalue weighted by atomic mass is 10.1. The Morgan fingerprint density at radius 1 is 1.21 bits per heavy atom. The van der Waals surface area contributed by atoms with Gasteiger partial charge >= 0.3 is 6.01 Å². The largest absolute Gasteiger partial charge is 0.408 e. The van der Waals surface area contributed by atoms with Gasteiger partial charge in [-0.1, -0.05) is 48.8 Å². The number of hydrogen-bond acceptors (Lipinski definition) is 5. The number of aromatic nitrogens is 2. The van der Waals surface area contributed by atoms with Crippen LogP contribution in [-0.2, 0) is 11.2 Å². The van der Waals surface area contributed by atoms with Gasteiger partial charge in [-0.2, -0.15) is 0 Å². The van der Waals surface area contributed by atoms with Crippen molar-refractivity contribution < 1.29 is 9.21 Å². The molecule has 0 unspecified atom stereocenters. The summed E-state index contributed by atoms with van der Waals surface area (Å²) < 4.78 is 5.69. The van der Waals surface area contributed by atoms with Crippen molar-refractivity contribution in [3.8, 4) is 0 Å². The highest BCUT2D eigenvalue weighted by Crippen LogP contribution is 2.19. The molecule has 1 aliphatic heterocycles. The molecule has 6 heteroatoms. The molecule has 1 fully saturated rings. The average molecular weight is 328 g/mol. The lowest BCUT2D eigenvalue weighted by molar-refractivity contribution is -0.130. The van der Waals surface area contributed by atoms with Crippen LogP contribution in [0.4, 0.5) is 6.01 Å². The van der Waals surface area contributed by atoms with Crippen LogP contribution in [0.25, 0.3) is 0 Å². The first-order chi connectivity index (χ1) is 11.5. The molecule has 0 atom stereocenters. The van der Waals surface area contributed by atoms with Crippen LogP contribution in [0.2, 0.25) is 0 Å². The topological polar surface area (TPSA) is 62.5 Å². The van der Waals surface area contributed by atoms with Crippen LogP contribution in [0.3, 0.4) is 0 Å². The summed E-state index contributed by atoms with van der Waals surface area (Å²) in [5, 5.41) is 8.18. The van der Waals surface area contributed by atoms with Gasteiger partial charge in [0.2, 0.25) is 11.8 Å². The highest BCUT2D eigenvalue weighted by Gasteiger charge is 2.24. The number of nitrogens with zero attached hydrogens (tertiary/aromatic N) is 4. The van der Waals surface area contributed by atoms with Crippen molar-refractivity contribution in [2.24, 2.45) is 0 Å². The van der Waals surface area contributed by atoms with Crippen LogP contribution < -0.4 is 4.90 Å². The zero-order valence-electron chi connectivity index (χ0n) is 14.5. The Bertz CT molecular complexity index is 703. The van der Waals surface area contributed by atoms with E-state index in [0.29, 0.717) is 31.4 Å². The summed E-state index contributed by atoms with van der Waals surface area (Å²) in [5.74, 6) is 1.06. The third-order valence-corrected chi connectivity index (χ3v) is 4.26. The molecule has 2 heterocycles. The molecule has 1 aliphatic rings. The van der Waals surface area contributed by atoms with Gasteiger partial charge in [0.25, 0.3) is 0 Å². The van der Waals surface area contributed by atoms with Gasteiger partial charge in [-0.25, -0.2) is 0 Å². The summed E-state index contributed by atoms with van der Waals surface area (Å²) in [5.41, 5.74) is 2.25. The minimum Gasteiger partial charge on any atom is -0.408 e. The standard InChI is InChI=1S/C18H24N4O2/c1-13(2)17-19-20-18(24-17)22-9-7-21(8-10-22)16(23)12-15-6-4-5-14(3)11-15/h4-6,11,13H,7-10,12H2,1-3H3. The van der Waals surface area contributed by atoms with Crippen LogP contribution >= 0.6 is 0 Å². The quantitative estimate of drug-likeness (QED) is 0.862. The minimum atomic E-state index is 0.175. The number of amides is 1. The predicted octanol–water partition coefficient (Wildman–Crippen LogP) is 2.39. The van der Waals surface area contributed by atoms with Crippen molar-refractivity contribution in [2.45, 2.75) is 33.1 Å². The Balaban J connectivity index is 1.55. The molecule has 1 aromatic carbocycles. The predicted molar refractivity (Wildman–Crippen MR) is 92.1 cm³/mol. The number of carbonyl (C=O) groups excluding carboxylic acids is 1. The van der Waals surface area contributed by atoms with Crippen LogP contribution in [-0.4, -0.2) is 47.2 Å². The number of anilines is 1. The summed E-state index contributed by atoms with van der Waals surface area (Å²) in [6, 6.07) is 8.68. The molecule has 0 spiro atoms. The molecule has 0 saturated carbocycles. The fourth-order valence-electron chi connectivity index (χ4n) is 2.84. The van der Waals surface area contributed by atoms with E-state index < -0.39 is 0 Å². The fourth-order valence-corrected chi connectivity index (χ4v) is 2.84. The highest BCUT2D eigenvalue weighted by molar-refractivity contribution is 5.79. The monoisotopic (exact) mass is 328 g/mol. The molecule has 0 aliphatic carbocycles. The van der Waals surface area contributed by atoms with E-state index in [9.17, 15) is 4.79 Å². The number of rotatable bonds is 4. The first kappa shape index (κ1) is 16.5. The van der Waals surface area contributed by atoms with Gasteiger partial charge < -0.3 is 14.2 Å².